The molecule has 2 aromatic rings. The van der Waals surface area contributed by atoms with Crippen molar-refractivity contribution in [3.05, 3.63) is 47.0 Å². The molecule has 1 aliphatic heterocycles. The maximum atomic E-state index is 13.0. The minimum Gasteiger partial charge on any atom is -0.369 e. The Bertz CT molecular complexity index is 955. The highest BCUT2D eigenvalue weighted by Gasteiger charge is 2.25. The van der Waals surface area contributed by atoms with Gasteiger partial charge in [-0.3, -0.25) is 0 Å². The highest BCUT2D eigenvalue weighted by atomic mass is 35.5. The largest absolute Gasteiger partial charge is 0.369 e. The molecule has 0 bridgehead atoms. The van der Waals surface area contributed by atoms with E-state index in [1.54, 1.807) is 6.07 Å². The van der Waals surface area contributed by atoms with Gasteiger partial charge in [0, 0.05) is 44.0 Å². The van der Waals surface area contributed by atoms with Gasteiger partial charge in [-0.05, 0) is 43.1 Å². The van der Waals surface area contributed by atoms with Crippen LogP contribution in [-0.2, 0) is 10.0 Å². The van der Waals surface area contributed by atoms with Gasteiger partial charge in [0.1, 0.15) is 4.90 Å². The molecule has 1 N–H and O–H groups in total. The summed E-state index contributed by atoms with van der Waals surface area (Å²) in [4.78, 5) is 4.80. The molecule has 0 atom stereocenters. The highest BCUT2D eigenvalue weighted by molar-refractivity contribution is 7.89. The van der Waals surface area contributed by atoms with Crippen molar-refractivity contribution in [3.8, 4) is 11.1 Å². The topological polar surface area (TPSA) is 52.7 Å². The zero-order chi connectivity index (χ0) is 21.0. The van der Waals surface area contributed by atoms with Crippen molar-refractivity contribution >= 4 is 27.3 Å². The Labute approximate surface area is 179 Å². The Morgan fingerprint density at radius 3 is 2.34 bits per heavy atom. The number of anilines is 1. The number of halogens is 1. The normalized spacial score (nSPS) is 15.7. The summed E-state index contributed by atoms with van der Waals surface area (Å²) in [5.74, 6) is 0. The number of benzene rings is 2. The van der Waals surface area contributed by atoms with Crippen LogP contribution in [-0.4, -0.2) is 52.6 Å². The first kappa shape index (κ1) is 22.1. The summed E-state index contributed by atoms with van der Waals surface area (Å²) in [7, 11) is -3.69. The van der Waals surface area contributed by atoms with Crippen LogP contribution in [0.4, 0.5) is 5.69 Å². The van der Waals surface area contributed by atoms with E-state index in [1.165, 1.54) is 0 Å². The van der Waals surface area contributed by atoms with E-state index in [9.17, 15) is 8.42 Å². The fourth-order valence-corrected chi connectivity index (χ4v) is 5.43. The van der Waals surface area contributed by atoms with E-state index in [4.69, 9.17) is 11.6 Å². The van der Waals surface area contributed by atoms with Gasteiger partial charge in [0.25, 0.3) is 0 Å². The number of sulfonamides is 1. The van der Waals surface area contributed by atoms with E-state index in [1.807, 2.05) is 44.2 Å². The second kappa shape index (κ2) is 9.47. The van der Waals surface area contributed by atoms with Crippen LogP contribution in [0.5, 0.6) is 0 Å². The van der Waals surface area contributed by atoms with Crippen LogP contribution in [0.3, 0.4) is 0 Å². The zero-order valence-corrected chi connectivity index (χ0v) is 19.0. The monoisotopic (exact) mass is 435 g/mol. The van der Waals surface area contributed by atoms with E-state index >= 15 is 0 Å². The van der Waals surface area contributed by atoms with Gasteiger partial charge < -0.3 is 9.80 Å². The Morgan fingerprint density at radius 1 is 1.03 bits per heavy atom. The van der Waals surface area contributed by atoms with E-state index in [-0.39, 0.29) is 9.92 Å². The molecule has 0 saturated carbocycles. The molecule has 158 valence electrons. The van der Waals surface area contributed by atoms with Gasteiger partial charge in [0.2, 0.25) is 10.0 Å². The number of nitrogens with one attached hydrogen (secondary N) is 1. The number of rotatable bonds is 7. The first-order chi connectivity index (χ1) is 13.9. The van der Waals surface area contributed by atoms with Crippen LogP contribution in [0.2, 0.25) is 5.02 Å². The van der Waals surface area contributed by atoms with E-state index in [2.05, 4.69) is 21.4 Å². The molecule has 0 unspecified atom stereocenters. The molecular weight excluding hydrogens is 406 g/mol. The number of aryl methyl sites for hydroxylation is 1. The van der Waals surface area contributed by atoms with Crippen LogP contribution in [0.25, 0.3) is 11.1 Å². The molecule has 2 aromatic carbocycles. The van der Waals surface area contributed by atoms with Crippen molar-refractivity contribution in [2.45, 2.75) is 32.1 Å². The number of likely N-dealkylation sites (N-methyl/N-ethyl adjacent to an activating group) is 1. The first-order valence-corrected chi connectivity index (χ1v) is 12.1. The van der Waals surface area contributed by atoms with Crippen molar-refractivity contribution in [2.75, 3.05) is 44.2 Å². The van der Waals surface area contributed by atoms with Crippen molar-refractivity contribution in [2.24, 2.45) is 0 Å². The molecule has 1 fully saturated rings. The van der Waals surface area contributed by atoms with Crippen molar-refractivity contribution in [3.63, 3.8) is 0 Å². The third-order valence-electron chi connectivity index (χ3n) is 5.48. The average Bonchev–Trinajstić information content (AvgIpc) is 2.73. The Morgan fingerprint density at radius 2 is 1.72 bits per heavy atom. The minimum absolute atomic E-state index is 0.154. The number of nitrogens with zero attached hydrogens (tertiary/aromatic N) is 2. The summed E-state index contributed by atoms with van der Waals surface area (Å²) < 4.78 is 28.6. The van der Waals surface area contributed by atoms with Gasteiger partial charge in [-0.15, -0.1) is 0 Å². The second-order valence-corrected chi connectivity index (χ2v) is 9.55. The molecular formula is C22H30ClN3O2S. The molecule has 0 spiro atoms. The SMILES string of the molecule is CCCNS(=O)(=O)c1cc(N2CCN(CC)CC2)cc(-c2ccccc2C)c1Cl. The van der Waals surface area contributed by atoms with Gasteiger partial charge in [-0.2, -0.15) is 0 Å². The lowest BCUT2D eigenvalue weighted by Crippen LogP contribution is -2.46. The van der Waals surface area contributed by atoms with Gasteiger partial charge in [0.15, 0.2) is 0 Å². The summed E-state index contributed by atoms with van der Waals surface area (Å²) in [6, 6.07) is 11.7. The van der Waals surface area contributed by atoms with Gasteiger partial charge in [-0.25, -0.2) is 13.1 Å². The minimum atomic E-state index is -3.69. The van der Waals surface area contributed by atoms with Crippen LogP contribution < -0.4 is 9.62 Å². The van der Waals surface area contributed by atoms with Crippen molar-refractivity contribution in [1.82, 2.24) is 9.62 Å². The molecule has 5 nitrogen and oxygen atoms in total. The zero-order valence-electron chi connectivity index (χ0n) is 17.4. The summed E-state index contributed by atoms with van der Waals surface area (Å²) in [6.45, 7) is 11.2. The van der Waals surface area contributed by atoms with Crippen LogP contribution in [0.15, 0.2) is 41.3 Å². The lowest BCUT2D eigenvalue weighted by Gasteiger charge is -2.36. The second-order valence-electron chi connectivity index (χ2n) is 7.44. The number of hydrogen-bond donors (Lipinski definition) is 1. The Kier molecular flexibility index (Phi) is 7.22. The molecule has 0 aliphatic carbocycles. The predicted molar refractivity (Wildman–Crippen MR) is 121 cm³/mol. The van der Waals surface area contributed by atoms with E-state index in [0.29, 0.717) is 6.54 Å². The molecule has 0 aromatic heterocycles. The molecule has 1 saturated heterocycles. The number of piperazine rings is 1. The van der Waals surface area contributed by atoms with Gasteiger partial charge in [0.05, 0.1) is 5.02 Å². The maximum absolute atomic E-state index is 13.0. The molecule has 7 heteroatoms. The smallest absolute Gasteiger partial charge is 0.242 e. The summed E-state index contributed by atoms with van der Waals surface area (Å²) in [5.41, 5.74) is 3.68. The van der Waals surface area contributed by atoms with E-state index in [0.717, 1.165) is 61.5 Å². The third kappa shape index (κ3) is 4.94. The van der Waals surface area contributed by atoms with Crippen LogP contribution in [0.1, 0.15) is 25.8 Å². The van der Waals surface area contributed by atoms with Gasteiger partial charge >= 0.3 is 0 Å². The number of hydrogen-bond acceptors (Lipinski definition) is 4. The molecule has 29 heavy (non-hydrogen) atoms. The fourth-order valence-electron chi connectivity index (χ4n) is 3.67. The van der Waals surface area contributed by atoms with Crippen LogP contribution >= 0.6 is 11.6 Å². The molecule has 0 radical (unpaired) electrons. The van der Waals surface area contributed by atoms with Gasteiger partial charge in [-0.1, -0.05) is 49.7 Å². The molecule has 3 rings (SSSR count). The summed E-state index contributed by atoms with van der Waals surface area (Å²) in [6.07, 6.45) is 0.722. The van der Waals surface area contributed by atoms with E-state index < -0.39 is 10.0 Å². The van der Waals surface area contributed by atoms with Crippen LogP contribution in [0, 0.1) is 6.92 Å². The predicted octanol–water partition coefficient (Wildman–Crippen LogP) is 4.15. The summed E-state index contributed by atoms with van der Waals surface area (Å²) >= 11 is 6.69. The quantitative estimate of drug-likeness (QED) is 0.709. The Hall–Kier alpha value is -1.60. The van der Waals surface area contributed by atoms with Crippen molar-refractivity contribution < 1.29 is 8.42 Å². The third-order valence-corrected chi connectivity index (χ3v) is 7.48. The fraction of sp³-hybridized carbons (Fsp3) is 0.455. The highest BCUT2D eigenvalue weighted by Crippen LogP contribution is 2.38. The lowest BCUT2D eigenvalue weighted by molar-refractivity contribution is 0.271. The lowest BCUT2D eigenvalue weighted by atomic mass is 9.99. The summed E-state index contributed by atoms with van der Waals surface area (Å²) in [5, 5.41) is 0.277. The van der Waals surface area contributed by atoms with Crippen molar-refractivity contribution in [1.29, 1.82) is 0 Å². The Balaban J connectivity index is 2.11. The molecule has 1 aliphatic rings. The standard InChI is InChI=1S/C22H30ClN3O2S/c1-4-10-24-29(27,28)21-16-18(26-13-11-25(5-2)12-14-26)15-20(22(21)23)19-9-7-6-8-17(19)3/h6-9,15-16,24H,4-5,10-14H2,1-3H3. The average molecular weight is 436 g/mol. The maximum Gasteiger partial charge on any atom is 0.242 e. The molecule has 0 amide bonds. The first-order valence-electron chi connectivity index (χ1n) is 10.2. The molecule has 1 heterocycles.